The maximum absolute atomic E-state index is 14.3. The molecule has 2 aromatic rings. The number of unbranched alkanes of at least 4 members (excludes halogenated alkanes) is 1. The highest BCUT2D eigenvalue weighted by Crippen LogP contribution is 2.31. The van der Waals surface area contributed by atoms with Crippen LogP contribution in [0.15, 0.2) is 42.5 Å². The van der Waals surface area contributed by atoms with Crippen molar-refractivity contribution >= 4 is 35.4 Å². The van der Waals surface area contributed by atoms with Crippen molar-refractivity contribution in [3.8, 4) is 0 Å². The van der Waals surface area contributed by atoms with Crippen LogP contribution in [0.4, 0.5) is 10.5 Å². The zero-order valence-electron chi connectivity index (χ0n) is 24.7. The van der Waals surface area contributed by atoms with Crippen LogP contribution in [0.25, 0.3) is 0 Å². The Morgan fingerprint density at radius 2 is 1.59 bits per heavy atom. The fourth-order valence-corrected chi connectivity index (χ4v) is 4.91. The van der Waals surface area contributed by atoms with Crippen molar-refractivity contribution < 1.29 is 19.1 Å². The molecule has 0 aliphatic carbocycles. The number of amides is 3. The van der Waals surface area contributed by atoms with Crippen molar-refractivity contribution in [3.63, 3.8) is 0 Å². The topological polar surface area (TPSA) is 87.7 Å². The van der Waals surface area contributed by atoms with Crippen molar-refractivity contribution in [2.45, 2.75) is 85.4 Å². The zero-order valence-corrected chi connectivity index (χ0v) is 25.5. The number of benzene rings is 2. The molecule has 0 heterocycles. The molecule has 2 aromatic carbocycles. The lowest BCUT2D eigenvalue weighted by molar-refractivity contribution is -0.141. The summed E-state index contributed by atoms with van der Waals surface area (Å²) < 4.78 is 5.48. The lowest BCUT2D eigenvalue weighted by Crippen LogP contribution is -2.53. The van der Waals surface area contributed by atoms with E-state index in [1.807, 2.05) is 76.4 Å². The van der Waals surface area contributed by atoms with Gasteiger partial charge in [-0.15, -0.1) is 0 Å². The monoisotopic (exact) mass is 555 g/mol. The van der Waals surface area contributed by atoms with Gasteiger partial charge >= 0.3 is 6.09 Å². The molecule has 0 aromatic heterocycles. The predicted molar refractivity (Wildman–Crippen MR) is 161 cm³/mol. The number of alkyl carbamates (subject to hydrolysis) is 1. The second-order valence-corrected chi connectivity index (χ2v) is 11.9. The van der Waals surface area contributed by atoms with Crippen molar-refractivity contribution in [2.24, 2.45) is 0 Å². The quantitative estimate of drug-likeness (QED) is 0.309. The third kappa shape index (κ3) is 9.60. The van der Waals surface area contributed by atoms with Gasteiger partial charge in [-0.05, 0) is 94.7 Å². The van der Waals surface area contributed by atoms with E-state index in [9.17, 15) is 14.4 Å². The first-order valence-electron chi connectivity index (χ1n) is 13.6. The summed E-state index contributed by atoms with van der Waals surface area (Å²) in [6.07, 6.45) is 3.29. The number of rotatable bonds is 12. The van der Waals surface area contributed by atoms with Gasteiger partial charge in [0.25, 0.3) is 5.91 Å². The number of hydrogen-bond donors (Lipinski definition) is 2. The number of nitrogens with zero attached hydrogens (tertiary/aromatic N) is 1. The Bertz CT molecular complexity index is 1110. The first-order chi connectivity index (χ1) is 18.4. The van der Waals surface area contributed by atoms with Crippen LogP contribution < -0.4 is 10.6 Å². The maximum Gasteiger partial charge on any atom is 0.408 e. The summed E-state index contributed by atoms with van der Waals surface area (Å²) in [6.45, 7) is 13.6. The van der Waals surface area contributed by atoms with E-state index in [0.29, 0.717) is 30.8 Å². The number of carbonyl (C=O) groups excluding carboxylic acids is 3. The highest BCUT2D eigenvalue weighted by atomic mass is 32.2. The van der Waals surface area contributed by atoms with Crippen LogP contribution in [-0.2, 0) is 14.3 Å². The molecule has 7 nitrogen and oxygen atoms in total. The van der Waals surface area contributed by atoms with Crippen molar-refractivity contribution in [3.05, 3.63) is 64.7 Å². The molecular weight excluding hydrogens is 510 g/mol. The lowest BCUT2D eigenvalue weighted by atomic mass is 9.93. The van der Waals surface area contributed by atoms with Crippen LogP contribution in [0.1, 0.15) is 75.3 Å². The van der Waals surface area contributed by atoms with Gasteiger partial charge in [0.15, 0.2) is 0 Å². The van der Waals surface area contributed by atoms with E-state index in [1.54, 1.807) is 37.4 Å². The van der Waals surface area contributed by atoms with E-state index in [2.05, 4.69) is 10.6 Å². The molecule has 2 atom stereocenters. The molecule has 2 N–H and O–H groups in total. The summed E-state index contributed by atoms with van der Waals surface area (Å²) in [5.41, 5.74) is 3.58. The van der Waals surface area contributed by atoms with Gasteiger partial charge in [-0.25, -0.2) is 4.79 Å². The van der Waals surface area contributed by atoms with E-state index in [4.69, 9.17) is 4.74 Å². The van der Waals surface area contributed by atoms with Gasteiger partial charge in [-0.1, -0.05) is 49.7 Å². The molecule has 0 bridgehead atoms. The average molecular weight is 556 g/mol. The van der Waals surface area contributed by atoms with E-state index in [-0.39, 0.29) is 11.8 Å². The highest BCUT2D eigenvalue weighted by Gasteiger charge is 2.37. The number of hydrogen-bond acceptors (Lipinski definition) is 5. The van der Waals surface area contributed by atoms with Gasteiger partial charge < -0.3 is 20.3 Å². The molecule has 0 spiro atoms. The highest BCUT2D eigenvalue weighted by molar-refractivity contribution is 7.98. The maximum atomic E-state index is 14.3. The first kappa shape index (κ1) is 32.2. The van der Waals surface area contributed by atoms with Crippen LogP contribution >= 0.6 is 11.8 Å². The molecule has 0 fully saturated rings. The number of nitrogens with one attached hydrogen (secondary N) is 2. The third-order valence-corrected chi connectivity index (χ3v) is 7.06. The molecule has 2 unspecified atom stereocenters. The summed E-state index contributed by atoms with van der Waals surface area (Å²) in [5, 5.41) is 5.88. The predicted octanol–water partition coefficient (Wildman–Crippen LogP) is 6.57. The molecular formula is C31H45N3O4S. The van der Waals surface area contributed by atoms with Gasteiger partial charge in [0.05, 0.1) is 0 Å². The second-order valence-electron chi connectivity index (χ2n) is 10.9. The summed E-state index contributed by atoms with van der Waals surface area (Å²) in [7, 11) is 0. The minimum absolute atomic E-state index is 0.285. The van der Waals surface area contributed by atoms with Crippen LogP contribution in [0.3, 0.4) is 0 Å². The number of para-hydroxylation sites is 1. The lowest BCUT2D eigenvalue weighted by Gasteiger charge is -2.36. The molecule has 0 radical (unpaired) electrons. The fraction of sp³-hybridized carbons (Fsp3) is 0.516. The molecule has 214 valence electrons. The van der Waals surface area contributed by atoms with Crippen LogP contribution in [0, 0.1) is 20.8 Å². The van der Waals surface area contributed by atoms with Crippen molar-refractivity contribution in [1.82, 2.24) is 10.2 Å². The summed E-state index contributed by atoms with van der Waals surface area (Å²) >= 11 is 1.59. The van der Waals surface area contributed by atoms with Gasteiger partial charge in [0, 0.05) is 12.2 Å². The molecule has 3 amide bonds. The van der Waals surface area contributed by atoms with Gasteiger partial charge in [0.2, 0.25) is 5.91 Å². The van der Waals surface area contributed by atoms with Crippen LogP contribution in [-0.4, -0.2) is 53.0 Å². The smallest absolute Gasteiger partial charge is 0.408 e. The Hall–Kier alpha value is -3.00. The third-order valence-electron chi connectivity index (χ3n) is 6.41. The Morgan fingerprint density at radius 1 is 0.974 bits per heavy atom. The number of ether oxygens (including phenoxy) is 1. The minimum atomic E-state index is -0.873. The molecule has 0 aliphatic rings. The number of anilines is 1. The Kier molecular flexibility index (Phi) is 12.4. The normalized spacial score (nSPS) is 12.8. The second kappa shape index (κ2) is 15.0. The number of thioether (sulfide) groups is 1. The first-order valence-corrected chi connectivity index (χ1v) is 15.0. The summed E-state index contributed by atoms with van der Waals surface area (Å²) in [5.74, 6) is 0.0834. The Balaban J connectivity index is 2.59. The molecule has 0 aliphatic heterocycles. The van der Waals surface area contributed by atoms with E-state index in [1.165, 1.54) is 0 Å². The largest absolute Gasteiger partial charge is 0.444 e. The molecule has 0 saturated carbocycles. The fourth-order valence-electron chi connectivity index (χ4n) is 4.44. The van der Waals surface area contributed by atoms with E-state index >= 15 is 0 Å². The summed E-state index contributed by atoms with van der Waals surface area (Å²) in [4.78, 5) is 42.8. The van der Waals surface area contributed by atoms with Gasteiger partial charge in [0.1, 0.15) is 17.7 Å². The Labute approximate surface area is 238 Å². The Morgan fingerprint density at radius 3 is 2.15 bits per heavy atom. The summed E-state index contributed by atoms with van der Waals surface area (Å²) in [6, 6.07) is 11.8. The molecule has 0 saturated heterocycles. The molecule has 39 heavy (non-hydrogen) atoms. The number of carbonyl (C=O) groups is 3. The van der Waals surface area contributed by atoms with Gasteiger partial charge in [-0.3, -0.25) is 9.59 Å². The van der Waals surface area contributed by atoms with E-state index < -0.39 is 23.8 Å². The van der Waals surface area contributed by atoms with E-state index in [0.717, 1.165) is 28.7 Å². The molecule has 2 rings (SSSR count). The van der Waals surface area contributed by atoms with Gasteiger partial charge in [-0.2, -0.15) is 11.8 Å². The van der Waals surface area contributed by atoms with Crippen LogP contribution in [0.2, 0.25) is 0 Å². The zero-order chi connectivity index (χ0) is 29.2. The number of aryl methyl sites for hydroxylation is 3. The van der Waals surface area contributed by atoms with Crippen molar-refractivity contribution in [1.29, 1.82) is 0 Å². The van der Waals surface area contributed by atoms with Crippen LogP contribution in [0.5, 0.6) is 0 Å². The SMILES string of the molecule is CCCCN(C(=O)C(CCSC)NC(=O)OC(C)(C)C)C(C(=O)Nc1ccccc1C)c1c(C)cccc1C. The van der Waals surface area contributed by atoms with Crippen molar-refractivity contribution in [2.75, 3.05) is 23.9 Å². The minimum Gasteiger partial charge on any atom is -0.444 e. The standard InChI is InChI=1S/C31H45N3O4S/c1-9-10-19-34(29(36)25(18-20-39-8)33-30(37)38-31(5,6)7)27(26-22(3)15-13-16-23(26)4)28(35)32-24-17-12-11-14-21(24)2/h11-17,25,27H,9-10,18-20H2,1-8H3,(H,32,35)(H,33,37). The average Bonchev–Trinajstić information content (AvgIpc) is 2.85. The molecule has 8 heteroatoms.